The Kier molecular flexibility index (Phi) is 6.34. The second-order valence-corrected chi connectivity index (χ2v) is 5.38. The topological polar surface area (TPSA) is 48.0 Å². The Morgan fingerprint density at radius 2 is 1.62 bits per heavy atom. The van der Waals surface area contributed by atoms with E-state index >= 15 is 0 Å². The van der Waals surface area contributed by atoms with Gasteiger partial charge in [0.25, 0.3) is 0 Å². The van der Waals surface area contributed by atoms with Crippen molar-refractivity contribution < 1.29 is 19.0 Å². The van der Waals surface area contributed by atoms with E-state index in [1.54, 1.807) is 33.3 Å². The Hall–Kier alpha value is -1.91. The number of hydrogen-bond acceptors (Lipinski definition) is 4. The Bertz CT molecular complexity index is 460. The van der Waals surface area contributed by atoms with Crippen LogP contribution in [0.1, 0.15) is 25.8 Å². The molecule has 0 bridgehead atoms. The second-order valence-electron chi connectivity index (χ2n) is 5.38. The summed E-state index contributed by atoms with van der Waals surface area (Å²) in [7, 11) is 6.52. The normalized spacial score (nSPS) is 10.4. The Balaban J connectivity index is 2.96. The largest absolute Gasteiger partial charge is 0.493 e. The number of benzene rings is 1. The number of carbonyl (C=O) groups is 1. The standard InChI is InChI=1S/C16H25NO4/c1-11(2)7-15(18)17(3)10-12-8-13(19-4)16(21-6)14(9-12)20-5/h8-9,11H,7,10H2,1-6H3. The molecule has 0 saturated heterocycles. The predicted octanol–water partition coefficient (Wildman–Crippen LogP) is 2.72. The summed E-state index contributed by atoms with van der Waals surface area (Å²) in [6, 6.07) is 3.72. The van der Waals surface area contributed by atoms with Crippen molar-refractivity contribution in [3.8, 4) is 17.2 Å². The number of ether oxygens (including phenoxy) is 3. The van der Waals surface area contributed by atoms with Crippen molar-refractivity contribution in [2.75, 3.05) is 28.4 Å². The highest BCUT2D eigenvalue weighted by Gasteiger charge is 2.16. The molecule has 118 valence electrons. The maximum Gasteiger partial charge on any atom is 0.222 e. The Labute approximate surface area is 126 Å². The second kappa shape index (κ2) is 7.76. The maximum atomic E-state index is 12.0. The summed E-state index contributed by atoms with van der Waals surface area (Å²) in [4.78, 5) is 13.7. The van der Waals surface area contributed by atoms with Crippen molar-refractivity contribution in [2.45, 2.75) is 26.8 Å². The highest BCUT2D eigenvalue weighted by atomic mass is 16.5. The number of carbonyl (C=O) groups excluding carboxylic acids is 1. The molecule has 1 amide bonds. The van der Waals surface area contributed by atoms with Crippen LogP contribution >= 0.6 is 0 Å². The van der Waals surface area contributed by atoms with Gasteiger partial charge in [-0.2, -0.15) is 0 Å². The molecule has 0 fully saturated rings. The van der Waals surface area contributed by atoms with E-state index in [4.69, 9.17) is 14.2 Å². The smallest absolute Gasteiger partial charge is 0.222 e. The highest BCUT2D eigenvalue weighted by Crippen LogP contribution is 2.38. The number of nitrogens with zero attached hydrogens (tertiary/aromatic N) is 1. The molecule has 1 rings (SSSR count). The molecule has 0 aliphatic rings. The van der Waals surface area contributed by atoms with Crippen molar-refractivity contribution >= 4 is 5.91 Å². The molecule has 5 heteroatoms. The van der Waals surface area contributed by atoms with E-state index in [2.05, 4.69) is 0 Å². The van der Waals surface area contributed by atoms with Crippen LogP contribution in [0.2, 0.25) is 0 Å². The third-order valence-electron chi connectivity index (χ3n) is 3.15. The summed E-state index contributed by atoms with van der Waals surface area (Å²) in [5.41, 5.74) is 0.934. The average Bonchev–Trinajstić information content (AvgIpc) is 2.45. The first kappa shape index (κ1) is 17.1. The van der Waals surface area contributed by atoms with Crippen LogP contribution in [-0.2, 0) is 11.3 Å². The predicted molar refractivity (Wildman–Crippen MR) is 82.0 cm³/mol. The molecule has 0 N–H and O–H groups in total. The summed E-state index contributed by atoms with van der Waals surface area (Å²) in [5.74, 6) is 2.21. The van der Waals surface area contributed by atoms with Crippen molar-refractivity contribution in [3.63, 3.8) is 0 Å². The van der Waals surface area contributed by atoms with Crippen LogP contribution in [0.3, 0.4) is 0 Å². The lowest BCUT2D eigenvalue weighted by atomic mass is 10.1. The van der Waals surface area contributed by atoms with Gasteiger partial charge >= 0.3 is 0 Å². The molecular formula is C16H25NO4. The summed E-state index contributed by atoms with van der Waals surface area (Å²) in [6.45, 7) is 4.57. The Morgan fingerprint density at radius 3 is 2.00 bits per heavy atom. The molecule has 0 aliphatic heterocycles. The SMILES string of the molecule is COc1cc(CN(C)C(=O)CC(C)C)cc(OC)c1OC. The van der Waals surface area contributed by atoms with Crippen LogP contribution in [0, 0.1) is 5.92 Å². The van der Waals surface area contributed by atoms with Gasteiger partial charge in [0.15, 0.2) is 11.5 Å². The van der Waals surface area contributed by atoms with E-state index in [-0.39, 0.29) is 5.91 Å². The molecule has 0 heterocycles. The molecule has 1 aromatic carbocycles. The highest BCUT2D eigenvalue weighted by molar-refractivity contribution is 5.76. The molecule has 21 heavy (non-hydrogen) atoms. The lowest BCUT2D eigenvalue weighted by Crippen LogP contribution is -2.27. The van der Waals surface area contributed by atoms with Crippen molar-refractivity contribution in [1.82, 2.24) is 4.90 Å². The van der Waals surface area contributed by atoms with Gasteiger partial charge in [-0.3, -0.25) is 4.79 Å². The molecule has 5 nitrogen and oxygen atoms in total. The molecule has 0 spiro atoms. The van der Waals surface area contributed by atoms with E-state index in [0.29, 0.717) is 36.1 Å². The van der Waals surface area contributed by atoms with Crippen molar-refractivity contribution in [3.05, 3.63) is 17.7 Å². The minimum absolute atomic E-state index is 0.124. The molecule has 0 atom stereocenters. The van der Waals surface area contributed by atoms with E-state index in [0.717, 1.165) is 5.56 Å². The van der Waals surface area contributed by atoms with Gasteiger partial charge in [0.05, 0.1) is 21.3 Å². The zero-order valence-electron chi connectivity index (χ0n) is 13.7. The van der Waals surface area contributed by atoms with Gasteiger partial charge in [0.2, 0.25) is 11.7 Å². The molecule has 0 aliphatic carbocycles. The third-order valence-corrected chi connectivity index (χ3v) is 3.15. The minimum atomic E-state index is 0.124. The fourth-order valence-corrected chi connectivity index (χ4v) is 2.09. The van der Waals surface area contributed by atoms with Crippen LogP contribution in [0.5, 0.6) is 17.2 Å². The number of methoxy groups -OCH3 is 3. The summed E-state index contributed by atoms with van der Waals surface area (Å²) >= 11 is 0. The van der Waals surface area contributed by atoms with Gasteiger partial charge in [-0.1, -0.05) is 13.8 Å². The minimum Gasteiger partial charge on any atom is -0.493 e. The number of rotatable bonds is 7. The number of hydrogen-bond donors (Lipinski definition) is 0. The molecule has 0 saturated carbocycles. The van der Waals surface area contributed by atoms with E-state index in [9.17, 15) is 4.79 Å². The van der Waals surface area contributed by atoms with Crippen molar-refractivity contribution in [1.29, 1.82) is 0 Å². The van der Waals surface area contributed by atoms with Crippen LogP contribution in [-0.4, -0.2) is 39.2 Å². The average molecular weight is 295 g/mol. The quantitative estimate of drug-likeness (QED) is 0.776. The van der Waals surface area contributed by atoms with Gasteiger partial charge in [-0.25, -0.2) is 0 Å². The molecular weight excluding hydrogens is 270 g/mol. The lowest BCUT2D eigenvalue weighted by Gasteiger charge is -2.20. The number of amides is 1. The molecule has 0 radical (unpaired) electrons. The van der Waals surface area contributed by atoms with Crippen LogP contribution in [0.25, 0.3) is 0 Å². The zero-order valence-corrected chi connectivity index (χ0v) is 13.7. The summed E-state index contributed by atoms with van der Waals surface area (Å²) < 4.78 is 15.9. The van der Waals surface area contributed by atoms with Gasteiger partial charge in [0, 0.05) is 20.0 Å². The molecule has 0 aromatic heterocycles. The fraction of sp³-hybridized carbons (Fsp3) is 0.562. The fourth-order valence-electron chi connectivity index (χ4n) is 2.09. The van der Waals surface area contributed by atoms with Gasteiger partial charge < -0.3 is 19.1 Å². The molecule has 1 aromatic rings. The first-order valence-electron chi connectivity index (χ1n) is 6.95. The van der Waals surface area contributed by atoms with E-state index in [1.807, 2.05) is 26.0 Å². The van der Waals surface area contributed by atoms with Gasteiger partial charge in [-0.05, 0) is 23.6 Å². The first-order chi connectivity index (χ1) is 9.92. The van der Waals surface area contributed by atoms with E-state index < -0.39 is 0 Å². The van der Waals surface area contributed by atoms with Crippen LogP contribution in [0.4, 0.5) is 0 Å². The van der Waals surface area contributed by atoms with Gasteiger partial charge in [0.1, 0.15) is 0 Å². The van der Waals surface area contributed by atoms with Gasteiger partial charge in [-0.15, -0.1) is 0 Å². The molecule has 0 unspecified atom stereocenters. The van der Waals surface area contributed by atoms with Crippen LogP contribution in [0.15, 0.2) is 12.1 Å². The third kappa shape index (κ3) is 4.55. The lowest BCUT2D eigenvalue weighted by molar-refractivity contribution is -0.131. The maximum absolute atomic E-state index is 12.0. The summed E-state index contributed by atoms with van der Waals surface area (Å²) in [6.07, 6.45) is 0.543. The first-order valence-corrected chi connectivity index (χ1v) is 6.95. The summed E-state index contributed by atoms with van der Waals surface area (Å²) in [5, 5.41) is 0. The van der Waals surface area contributed by atoms with E-state index in [1.165, 1.54) is 0 Å². The monoisotopic (exact) mass is 295 g/mol. The Morgan fingerprint density at radius 1 is 1.10 bits per heavy atom. The zero-order chi connectivity index (χ0) is 16.0. The van der Waals surface area contributed by atoms with Crippen molar-refractivity contribution in [2.24, 2.45) is 5.92 Å². The van der Waals surface area contributed by atoms with Crippen LogP contribution < -0.4 is 14.2 Å².